The molecule has 1 N–H and O–H groups in total. The molecule has 3 atom stereocenters. The molecule has 3 aliphatic rings. The van der Waals surface area contributed by atoms with Crippen molar-refractivity contribution in [3.63, 3.8) is 0 Å². The van der Waals surface area contributed by atoms with Crippen LogP contribution in [-0.4, -0.2) is 18.0 Å². The fraction of sp³-hybridized carbons (Fsp3) is 0.394. The van der Waals surface area contributed by atoms with Gasteiger partial charge < -0.3 is 18.7 Å². The average molecular weight is 527 g/mol. The summed E-state index contributed by atoms with van der Waals surface area (Å²) in [5.74, 6) is 3.53. The quantitative estimate of drug-likeness (QED) is 0.216. The summed E-state index contributed by atoms with van der Waals surface area (Å²) in [5.41, 5.74) is 4.86. The number of furan rings is 1. The zero-order chi connectivity index (χ0) is 27.5. The zero-order valence-corrected chi connectivity index (χ0v) is 22.9. The van der Waals surface area contributed by atoms with E-state index in [2.05, 4.69) is 19.1 Å². The number of rotatable bonds is 2. The van der Waals surface area contributed by atoms with E-state index in [0.717, 1.165) is 54.4 Å². The molecule has 2 aromatic heterocycles. The first-order valence-electron chi connectivity index (χ1n) is 13.8. The predicted molar refractivity (Wildman–Crippen MR) is 151 cm³/mol. The van der Waals surface area contributed by atoms with Crippen LogP contribution in [0.5, 0.6) is 11.5 Å². The summed E-state index contributed by atoms with van der Waals surface area (Å²) in [7, 11) is 1.63. The number of carbonyl (C=O) groups is 1. The molecule has 39 heavy (non-hydrogen) atoms. The number of allylic oxidation sites excluding steroid dienone is 2. The monoisotopic (exact) mass is 526 g/mol. The Morgan fingerprint density at radius 2 is 1.85 bits per heavy atom. The molecule has 3 unspecified atom stereocenters. The second-order valence-electron chi connectivity index (χ2n) is 11.6. The van der Waals surface area contributed by atoms with Crippen LogP contribution < -0.4 is 10.4 Å². The van der Waals surface area contributed by atoms with Crippen LogP contribution in [0, 0.1) is 11.3 Å². The highest BCUT2D eigenvalue weighted by atomic mass is 16.5. The Morgan fingerprint density at radius 1 is 1.03 bits per heavy atom. The number of phenols is 1. The normalized spacial score (nSPS) is 23.6. The molecule has 2 aromatic carbocycles. The molecule has 0 aliphatic heterocycles. The summed E-state index contributed by atoms with van der Waals surface area (Å²) in [6.07, 6.45) is 7.11. The molecule has 0 radical (unpaired) electrons. The number of phenolic OH excluding ortho intramolecular Hbond substituents is 1. The van der Waals surface area contributed by atoms with Crippen molar-refractivity contribution in [2.24, 2.45) is 11.3 Å². The molecule has 3 aliphatic carbocycles. The smallest absolute Gasteiger partial charge is 0.336 e. The van der Waals surface area contributed by atoms with Crippen molar-refractivity contribution < 1.29 is 23.5 Å². The maximum atomic E-state index is 12.2. The molecule has 6 heteroatoms. The highest BCUT2D eigenvalue weighted by Crippen LogP contribution is 2.58. The van der Waals surface area contributed by atoms with Gasteiger partial charge in [-0.05, 0) is 67.0 Å². The van der Waals surface area contributed by atoms with Crippen LogP contribution in [0.1, 0.15) is 75.2 Å². The van der Waals surface area contributed by atoms with E-state index in [4.69, 9.17) is 13.6 Å². The molecular weight excluding hydrogens is 492 g/mol. The molecule has 2 saturated carbocycles. The first-order chi connectivity index (χ1) is 18.7. The molecule has 2 heterocycles. The van der Waals surface area contributed by atoms with Gasteiger partial charge in [-0.3, -0.25) is 4.79 Å². The predicted octanol–water partition coefficient (Wildman–Crippen LogP) is 7.41. The Bertz CT molecular complexity index is 1690. The molecule has 6 nitrogen and oxygen atoms in total. The fourth-order valence-corrected chi connectivity index (χ4v) is 6.98. The number of benzene rings is 2. The van der Waals surface area contributed by atoms with Gasteiger partial charge in [-0.15, -0.1) is 0 Å². The number of hydrogen-bond donors (Lipinski definition) is 1. The number of hydrogen-bond acceptors (Lipinski definition) is 6. The van der Waals surface area contributed by atoms with Gasteiger partial charge in [0.15, 0.2) is 5.75 Å². The SMILES string of the molecule is CC12CCC3C(=CCc4cc(O)ccc43)C1CCC2=O.COc1c(C(C)C)oc2cc3oc(=O)ccc3cc12. The molecule has 0 spiro atoms. The van der Waals surface area contributed by atoms with Gasteiger partial charge in [-0.2, -0.15) is 0 Å². The van der Waals surface area contributed by atoms with E-state index < -0.39 is 0 Å². The van der Waals surface area contributed by atoms with Gasteiger partial charge in [0.25, 0.3) is 0 Å². The lowest BCUT2D eigenvalue weighted by atomic mass is 9.60. The molecule has 202 valence electrons. The number of carbonyl (C=O) groups excluding carboxylic acids is 1. The zero-order valence-electron chi connectivity index (χ0n) is 22.9. The van der Waals surface area contributed by atoms with E-state index in [1.807, 2.05) is 26.0 Å². The van der Waals surface area contributed by atoms with E-state index in [1.165, 1.54) is 22.8 Å². The van der Waals surface area contributed by atoms with Crippen molar-refractivity contribution >= 4 is 27.7 Å². The lowest BCUT2D eigenvalue weighted by molar-refractivity contribution is -0.126. The summed E-state index contributed by atoms with van der Waals surface area (Å²) in [6.45, 7) is 6.26. The van der Waals surface area contributed by atoms with Crippen molar-refractivity contribution in [3.8, 4) is 11.5 Å². The van der Waals surface area contributed by atoms with Gasteiger partial charge in [0.2, 0.25) is 0 Å². The third kappa shape index (κ3) is 4.17. The largest absolute Gasteiger partial charge is 0.508 e. The van der Waals surface area contributed by atoms with E-state index in [1.54, 1.807) is 25.3 Å². The van der Waals surface area contributed by atoms with Crippen LogP contribution in [0.2, 0.25) is 0 Å². The van der Waals surface area contributed by atoms with Gasteiger partial charge in [-0.25, -0.2) is 4.79 Å². The molecule has 2 fully saturated rings. The maximum absolute atomic E-state index is 12.2. The first kappa shape index (κ1) is 25.5. The lowest BCUT2D eigenvalue weighted by Crippen LogP contribution is -2.37. The van der Waals surface area contributed by atoms with E-state index >= 15 is 0 Å². The van der Waals surface area contributed by atoms with Crippen molar-refractivity contribution in [1.82, 2.24) is 0 Å². The van der Waals surface area contributed by atoms with Crippen molar-refractivity contribution in [1.29, 1.82) is 0 Å². The van der Waals surface area contributed by atoms with E-state index in [9.17, 15) is 14.7 Å². The number of fused-ring (bicyclic) bond motifs is 7. The molecule has 7 rings (SSSR count). The van der Waals surface area contributed by atoms with Crippen LogP contribution in [-0.2, 0) is 11.2 Å². The minimum Gasteiger partial charge on any atom is -0.508 e. The third-order valence-corrected chi connectivity index (χ3v) is 9.02. The maximum Gasteiger partial charge on any atom is 0.336 e. The molecule has 0 saturated heterocycles. The van der Waals surface area contributed by atoms with Crippen LogP contribution in [0.4, 0.5) is 0 Å². The molecule has 4 aromatic rings. The number of Topliss-reactive ketones (excluding diaryl/α,β-unsaturated/α-hetero) is 1. The van der Waals surface area contributed by atoms with Crippen LogP contribution in [0.15, 0.2) is 67.7 Å². The van der Waals surface area contributed by atoms with Crippen LogP contribution in [0.3, 0.4) is 0 Å². The summed E-state index contributed by atoms with van der Waals surface area (Å²) in [4.78, 5) is 23.5. The lowest BCUT2D eigenvalue weighted by Gasteiger charge is -2.43. The summed E-state index contributed by atoms with van der Waals surface area (Å²) in [5, 5.41) is 11.4. The second kappa shape index (κ2) is 9.44. The standard InChI is InChI=1S/C18H20O2.C15H14O4/c1-18-9-8-14-13-5-3-12(19)10-11(13)2-4-15(14)16(18)6-7-17(18)20;1-8(2)14-15(17-3)10-6-9-4-5-13(16)18-11(9)7-12(10)19-14/h3-5,10,14,16,19H,2,6-9H2,1H3;4-8H,1-3H3. The van der Waals surface area contributed by atoms with Gasteiger partial charge in [-0.1, -0.05) is 38.5 Å². The van der Waals surface area contributed by atoms with Crippen molar-refractivity contribution in [3.05, 3.63) is 81.4 Å². The van der Waals surface area contributed by atoms with E-state index in [-0.39, 0.29) is 17.0 Å². The number of ether oxygens (including phenoxy) is 1. The second-order valence-corrected chi connectivity index (χ2v) is 11.6. The van der Waals surface area contributed by atoms with Gasteiger partial charge in [0.05, 0.1) is 12.5 Å². The number of aromatic hydroxyl groups is 1. The van der Waals surface area contributed by atoms with Crippen LogP contribution >= 0.6 is 0 Å². The third-order valence-electron chi connectivity index (χ3n) is 9.02. The molecule has 0 amide bonds. The summed E-state index contributed by atoms with van der Waals surface area (Å²) < 4.78 is 16.4. The number of methoxy groups -OCH3 is 1. The van der Waals surface area contributed by atoms with E-state index in [0.29, 0.717) is 34.5 Å². The summed E-state index contributed by atoms with van der Waals surface area (Å²) in [6, 6.07) is 12.6. The Morgan fingerprint density at radius 3 is 2.62 bits per heavy atom. The highest BCUT2D eigenvalue weighted by molar-refractivity contribution is 5.97. The molecular formula is C33H34O6. The summed E-state index contributed by atoms with van der Waals surface area (Å²) >= 11 is 0. The van der Waals surface area contributed by atoms with Crippen molar-refractivity contribution in [2.75, 3.05) is 7.11 Å². The Labute approximate surface area is 227 Å². The molecule has 0 bridgehead atoms. The topological polar surface area (TPSA) is 89.9 Å². The average Bonchev–Trinajstić information content (AvgIpc) is 3.43. The Kier molecular flexibility index (Phi) is 6.17. The first-order valence-corrected chi connectivity index (χ1v) is 13.8. The highest BCUT2D eigenvalue weighted by Gasteiger charge is 2.52. The van der Waals surface area contributed by atoms with Gasteiger partial charge >= 0.3 is 5.63 Å². The minimum absolute atomic E-state index is 0.100. The van der Waals surface area contributed by atoms with Crippen molar-refractivity contribution in [2.45, 2.75) is 64.7 Å². The van der Waals surface area contributed by atoms with Gasteiger partial charge in [0, 0.05) is 41.2 Å². The number of ketones is 1. The van der Waals surface area contributed by atoms with Crippen LogP contribution in [0.25, 0.3) is 21.9 Å². The Balaban J connectivity index is 0.000000142. The Hall–Kier alpha value is -3.80. The van der Waals surface area contributed by atoms with Gasteiger partial charge in [0.1, 0.15) is 28.5 Å². The fourth-order valence-electron chi connectivity index (χ4n) is 6.98. The minimum atomic E-state index is -0.366.